The maximum atomic E-state index is 6.05. The van der Waals surface area contributed by atoms with Crippen molar-refractivity contribution in [2.24, 2.45) is 5.73 Å². The van der Waals surface area contributed by atoms with E-state index in [0.29, 0.717) is 6.61 Å². The number of methoxy groups -OCH3 is 1. The van der Waals surface area contributed by atoms with Crippen LogP contribution in [0, 0.1) is 0 Å². The number of ether oxygens (including phenoxy) is 2. The van der Waals surface area contributed by atoms with Crippen LogP contribution in [0.5, 0.6) is 5.75 Å². The number of hydrogen-bond acceptors (Lipinski definition) is 3. The van der Waals surface area contributed by atoms with Gasteiger partial charge in [-0.2, -0.15) is 0 Å². The Morgan fingerprint density at radius 2 is 2.06 bits per heavy atom. The number of unbranched alkanes of at least 4 members (excludes halogenated alkanes) is 1. The molecule has 0 amide bonds. The van der Waals surface area contributed by atoms with E-state index in [1.807, 2.05) is 24.3 Å². The largest absolute Gasteiger partial charge is 0.496 e. The van der Waals surface area contributed by atoms with E-state index in [2.05, 4.69) is 6.92 Å². The van der Waals surface area contributed by atoms with Gasteiger partial charge in [-0.3, -0.25) is 0 Å². The summed E-state index contributed by atoms with van der Waals surface area (Å²) in [6, 6.07) is 7.68. The maximum absolute atomic E-state index is 6.05. The molecule has 0 aliphatic rings. The molecule has 1 aromatic rings. The molecule has 1 aromatic carbocycles. The van der Waals surface area contributed by atoms with Gasteiger partial charge in [0.2, 0.25) is 0 Å². The third-order valence-corrected chi connectivity index (χ3v) is 2.48. The van der Waals surface area contributed by atoms with Crippen molar-refractivity contribution in [2.75, 3.05) is 20.3 Å². The topological polar surface area (TPSA) is 44.5 Å². The van der Waals surface area contributed by atoms with Gasteiger partial charge in [-0.1, -0.05) is 31.5 Å². The Kier molecular flexibility index (Phi) is 5.90. The maximum Gasteiger partial charge on any atom is 0.123 e. The zero-order chi connectivity index (χ0) is 11.8. The molecule has 0 aliphatic heterocycles. The Morgan fingerprint density at radius 3 is 2.75 bits per heavy atom. The van der Waals surface area contributed by atoms with E-state index in [9.17, 15) is 0 Å². The lowest BCUT2D eigenvalue weighted by molar-refractivity contribution is 0.117. The van der Waals surface area contributed by atoms with E-state index in [4.69, 9.17) is 15.2 Å². The first-order valence-corrected chi connectivity index (χ1v) is 5.75. The molecule has 0 saturated heterocycles. The van der Waals surface area contributed by atoms with E-state index >= 15 is 0 Å². The number of para-hydroxylation sites is 1. The molecular formula is C13H21NO2. The number of nitrogens with two attached hydrogens (primary N) is 1. The van der Waals surface area contributed by atoms with E-state index in [1.54, 1.807) is 7.11 Å². The standard InChI is InChI=1S/C13H21NO2/c1-3-4-9-16-10-12(14)11-7-5-6-8-13(11)15-2/h5-8,12H,3-4,9-10,14H2,1-2H3. The van der Waals surface area contributed by atoms with Gasteiger partial charge in [0.1, 0.15) is 5.75 Å². The lowest BCUT2D eigenvalue weighted by Crippen LogP contribution is -2.18. The van der Waals surface area contributed by atoms with Gasteiger partial charge < -0.3 is 15.2 Å². The normalized spacial score (nSPS) is 12.4. The first-order valence-electron chi connectivity index (χ1n) is 5.75. The second kappa shape index (κ2) is 7.25. The average Bonchev–Trinajstić information content (AvgIpc) is 2.34. The highest BCUT2D eigenvalue weighted by Crippen LogP contribution is 2.23. The molecule has 3 nitrogen and oxygen atoms in total. The van der Waals surface area contributed by atoms with E-state index in [-0.39, 0.29) is 6.04 Å². The van der Waals surface area contributed by atoms with E-state index in [0.717, 1.165) is 30.8 Å². The van der Waals surface area contributed by atoms with Gasteiger partial charge in [-0.05, 0) is 12.5 Å². The Morgan fingerprint density at radius 1 is 1.31 bits per heavy atom. The molecule has 16 heavy (non-hydrogen) atoms. The molecule has 90 valence electrons. The van der Waals surface area contributed by atoms with Crippen molar-refractivity contribution in [3.05, 3.63) is 29.8 Å². The molecule has 0 saturated carbocycles. The van der Waals surface area contributed by atoms with Crippen LogP contribution in [0.1, 0.15) is 31.4 Å². The minimum absolute atomic E-state index is 0.118. The highest BCUT2D eigenvalue weighted by atomic mass is 16.5. The molecule has 1 unspecified atom stereocenters. The summed E-state index contributed by atoms with van der Waals surface area (Å²) in [5.74, 6) is 0.828. The minimum atomic E-state index is -0.118. The van der Waals surface area contributed by atoms with Gasteiger partial charge in [0, 0.05) is 12.2 Å². The highest BCUT2D eigenvalue weighted by molar-refractivity contribution is 5.35. The fourth-order valence-corrected chi connectivity index (χ4v) is 1.52. The lowest BCUT2D eigenvalue weighted by atomic mass is 10.1. The van der Waals surface area contributed by atoms with Crippen LogP contribution in [0.25, 0.3) is 0 Å². The molecule has 1 rings (SSSR count). The third-order valence-electron chi connectivity index (χ3n) is 2.48. The van der Waals surface area contributed by atoms with Crippen LogP contribution in [0.15, 0.2) is 24.3 Å². The van der Waals surface area contributed by atoms with E-state index in [1.165, 1.54) is 0 Å². The summed E-state index contributed by atoms with van der Waals surface area (Å²) in [5, 5.41) is 0. The van der Waals surface area contributed by atoms with Crippen molar-refractivity contribution >= 4 is 0 Å². The zero-order valence-corrected chi connectivity index (χ0v) is 10.1. The smallest absolute Gasteiger partial charge is 0.123 e. The Bertz CT molecular complexity index is 302. The van der Waals surface area contributed by atoms with Crippen molar-refractivity contribution in [1.29, 1.82) is 0 Å². The van der Waals surface area contributed by atoms with Crippen LogP contribution in [0.4, 0.5) is 0 Å². The number of rotatable bonds is 7. The fourth-order valence-electron chi connectivity index (χ4n) is 1.52. The molecule has 0 heterocycles. The lowest BCUT2D eigenvalue weighted by Gasteiger charge is -2.15. The molecule has 1 atom stereocenters. The minimum Gasteiger partial charge on any atom is -0.496 e. The summed E-state index contributed by atoms with van der Waals surface area (Å²) >= 11 is 0. The molecular weight excluding hydrogens is 202 g/mol. The summed E-state index contributed by atoms with van der Waals surface area (Å²) in [6.07, 6.45) is 2.22. The van der Waals surface area contributed by atoms with Crippen LogP contribution in [0.3, 0.4) is 0 Å². The molecule has 0 spiro atoms. The van der Waals surface area contributed by atoms with Gasteiger partial charge in [-0.25, -0.2) is 0 Å². The van der Waals surface area contributed by atoms with Crippen molar-refractivity contribution in [3.63, 3.8) is 0 Å². The molecule has 0 aliphatic carbocycles. The van der Waals surface area contributed by atoms with Gasteiger partial charge >= 0.3 is 0 Å². The van der Waals surface area contributed by atoms with Crippen molar-refractivity contribution < 1.29 is 9.47 Å². The second-order valence-electron chi connectivity index (χ2n) is 3.78. The predicted octanol–water partition coefficient (Wildman–Crippen LogP) is 2.51. The first-order chi connectivity index (χ1) is 7.79. The van der Waals surface area contributed by atoms with Crippen LogP contribution in [0.2, 0.25) is 0 Å². The third kappa shape index (κ3) is 3.83. The predicted molar refractivity (Wildman–Crippen MR) is 65.6 cm³/mol. The van der Waals surface area contributed by atoms with Crippen LogP contribution < -0.4 is 10.5 Å². The van der Waals surface area contributed by atoms with Gasteiger partial charge in [0.05, 0.1) is 19.8 Å². The van der Waals surface area contributed by atoms with Gasteiger partial charge in [0.25, 0.3) is 0 Å². The summed E-state index contributed by atoms with van der Waals surface area (Å²) in [7, 11) is 1.66. The fraction of sp³-hybridized carbons (Fsp3) is 0.538. The molecule has 0 bridgehead atoms. The summed E-state index contributed by atoms with van der Waals surface area (Å²) in [5.41, 5.74) is 7.05. The average molecular weight is 223 g/mol. The molecule has 0 aromatic heterocycles. The van der Waals surface area contributed by atoms with Gasteiger partial charge in [0.15, 0.2) is 0 Å². The second-order valence-corrected chi connectivity index (χ2v) is 3.78. The summed E-state index contributed by atoms with van der Waals surface area (Å²) in [6.45, 7) is 3.46. The Balaban J connectivity index is 2.48. The molecule has 2 N–H and O–H groups in total. The molecule has 0 radical (unpaired) electrons. The quantitative estimate of drug-likeness (QED) is 0.722. The monoisotopic (exact) mass is 223 g/mol. The zero-order valence-electron chi connectivity index (χ0n) is 10.1. The molecule has 0 fully saturated rings. The Labute approximate surface area is 97.6 Å². The Hall–Kier alpha value is -1.06. The van der Waals surface area contributed by atoms with Gasteiger partial charge in [-0.15, -0.1) is 0 Å². The first kappa shape index (κ1) is 13.0. The SMILES string of the molecule is CCCCOCC(N)c1ccccc1OC. The van der Waals surface area contributed by atoms with Crippen LogP contribution in [-0.2, 0) is 4.74 Å². The summed E-state index contributed by atoms with van der Waals surface area (Å²) < 4.78 is 10.8. The van der Waals surface area contributed by atoms with Crippen molar-refractivity contribution in [1.82, 2.24) is 0 Å². The highest BCUT2D eigenvalue weighted by Gasteiger charge is 2.10. The van der Waals surface area contributed by atoms with Crippen molar-refractivity contribution in [3.8, 4) is 5.75 Å². The molecule has 3 heteroatoms. The summed E-state index contributed by atoms with van der Waals surface area (Å²) in [4.78, 5) is 0. The van der Waals surface area contributed by atoms with Crippen LogP contribution >= 0.6 is 0 Å². The van der Waals surface area contributed by atoms with E-state index < -0.39 is 0 Å². The number of hydrogen-bond donors (Lipinski definition) is 1. The van der Waals surface area contributed by atoms with Crippen LogP contribution in [-0.4, -0.2) is 20.3 Å². The van der Waals surface area contributed by atoms with Crippen molar-refractivity contribution in [2.45, 2.75) is 25.8 Å². The number of benzene rings is 1.